The van der Waals surface area contributed by atoms with E-state index in [-0.39, 0.29) is 18.3 Å². The quantitative estimate of drug-likeness (QED) is 0.733. The Labute approximate surface area is 113 Å². The number of nitrogens with zero attached hydrogens (tertiary/aromatic N) is 2. The summed E-state index contributed by atoms with van der Waals surface area (Å²) in [6, 6.07) is 4.09. The molecule has 0 unspecified atom stereocenters. The molecule has 19 heavy (non-hydrogen) atoms. The zero-order chi connectivity index (χ0) is 13.8. The highest BCUT2D eigenvalue weighted by atomic mass is 16.7. The number of hydrogen-bond acceptors (Lipinski definition) is 3. The van der Waals surface area contributed by atoms with Crippen LogP contribution >= 0.6 is 0 Å². The molecule has 4 nitrogen and oxygen atoms in total. The summed E-state index contributed by atoms with van der Waals surface area (Å²) in [5.74, 6) is 0. The van der Waals surface area contributed by atoms with Crippen LogP contribution in [0.4, 0.5) is 0 Å². The van der Waals surface area contributed by atoms with E-state index in [0.29, 0.717) is 0 Å². The van der Waals surface area contributed by atoms with Crippen molar-refractivity contribution >= 4 is 18.1 Å². The Morgan fingerprint density at radius 2 is 1.79 bits per heavy atom. The second kappa shape index (κ2) is 3.84. The zero-order valence-corrected chi connectivity index (χ0v) is 12.1. The first kappa shape index (κ1) is 12.7. The molecule has 0 spiro atoms. The highest BCUT2D eigenvalue weighted by molar-refractivity contribution is 6.62. The van der Waals surface area contributed by atoms with Crippen molar-refractivity contribution in [3.8, 4) is 0 Å². The molecule has 100 valence electrons. The SMILES string of the molecule is Cc1cnn2ccc(B3OC(C)(C)C(C)(C)O3)cc12. The minimum Gasteiger partial charge on any atom is -0.399 e. The van der Waals surface area contributed by atoms with Crippen molar-refractivity contribution in [3.63, 3.8) is 0 Å². The van der Waals surface area contributed by atoms with Gasteiger partial charge in [0, 0.05) is 6.20 Å². The van der Waals surface area contributed by atoms with Crippen LogP contribution < -0.4 is 5.46 Å². The lowest BCUT2D eigenvalue weighted by atomic mass is 9.79. The number of aromatic nitrogens is 2. The van der Waals surface area contributed by atoms with Gasteiger partial charge in [-0.15, -0.1) is 0 Å². The molecule has 0 saturated carbocycles. The average molecular weight is 258 g/mol. The Balaban J connectivity index is 2.00. The average Bonchev–Trinajstić information content (AvgIpc) is 2.78. The molecule has 1 fully saturated rings. The van der Waals surface area contributed by atoms with Gasteiger partial charge in [-0.1, -0.05) is 0 Å². The molecule has 0 amide bonds. The van der Waals surface area contributed by atoms with Crippen molar-refractivity contribution in [1.82, 2.24) is 9.61 Å². The molecule has 0 bridgehead atoms. The van der Waals surface area contributed by atoms with Crippen LogP contribution in [-0.2, 0) is 9.31 Å². The van der Waals surface area contributed by atoms with Crippen molar-refractivity contribution < 1.29 is 9.31 Å². The van der Waals surface area contributed by atoms with E-state index in [4.69, 9.17) is 9.31 Å². The summed E-state index contributed by atoms with van der Waals surface area (Å²) < 4.78 is 14.0. The number of aryl methyl sites for hydroxylation is 1. The molecule has 0 aliphatic carbocycles. The molecule has 0 aromatic carbocycles. The molecule has 3 heterocycles. The Bertz CT molecular complexity index is 617. The van der Waals surface area contributed by atoms with Gasteiger partial charge in [-0.25, -0.2) is 4.52 Å². The van der Waals surface area contributed by atoms with Gasteiger partial charge < -0.3 is 9.31 Å². The van der Waals surface area contributed by atoms with Crippen LogP contribution in [0, 0.1) is 6.92 Å². The number of rotatable bonds is 1. The lowest BCUT2D eigenvalue weighted by Gasteiger charge is -2.32. The van der Waals surface area contributed by atoms with Crippen LogP contribution in [0.25, 0.3) is 5.52 Å². The topological polar surface area (TPSA) is 35.8 Å². The molecule has 3 rings (SSSR count). The van der Waals surface area contributed by atoms with Gasteiger partial charge in [0.1, 0.15) is 0 Å². The first-order chi connectivity index (χ1) is 8.80. The van der Waals surface area contributed by atoms with Gasteiger partial charge in [-0.05, 0) is 57.8 Å². The number of fused-ring (bicyclic) bond motifs is 1. The molecule has 1 aliphatic heterocycles. The van der Waals surface area contributed by atoms with Crippen molar-refractivity contribution in [2.75, 3.05) is 0 Å². The van der Waals surface area contributed by atoms with Crippen LogP contribution in [0.2, 0.25) is 0 Å². The molecule has 0 atom stereocenters. The van der Waals surface area contributed by atoms with Crippen molar-refractivity contribution in [3.05, 3.63) is 30.1 Å². The largest absolute Gasteiger partial charge is 0.494 e. The monoisotopic (exact) mass is 258 g/mol. The molecular weight excluding hydrogens is 239 g/mol. The van der Waals surface area contributed by atoms with Crippen LogP contribution in [-0.4, -0.2) is 27.9 Å². The lowest BCUT2D eigenvalue weighted by Crippen LogP contribution is -2.41. The van der Waals surface area contributed by atoms with E-state index in [1.165, 1.54) is 0 Å². The highest BCUT2D eigenvalue weighted by Gasteiger charge is 2.51. The summed E-state index contributed by atoms with van der Waals surface area (Å²) in [6.45, 7) is 10.3. The minimum absolute atomic E-state index is 0.306. The smallest absolute Gasteiger partial charge is 0.399 e. The Hall–Kier alpha value is -1.33. The van der Waals surface area contributed by atoms with Gasteiger partial charge in [-0.2, -0.15) is 5.10 Å². The van der Waals surface area contributed by atoms with Crippen LogP contribution in [0.3, 0.4) is 0 Å². The predicted molar refractivity (Wildman–Crippen MR) is 75.6 cm³/mol. The maximum absolute atomic E-state index is 6.06. The van der Waals surface area contributed by atoms with Crippen molar-refractivity contribution in [2.45, 2.75) is 45.8 Å². The summed E-state index contributed by atoms with van der Waals surface area (Å²) >= 11 is 0. The lowest BCUT2D eigenvalue weighted by molar-refractivity contribution is 0.00578. The molecule has 5 heteroatoms. The van der Waals surface area contributed by atoms with Crippen LogP contribution in [0.1, 0.15) is 33.3 Å². The molecule has 2 aromatic heterocycles. The number of pyridine rings is 1. The van der Waals surface area contributed by atoms with Gasteiger partial charge in [0.15, 0.2) is 0 Å². The fraction of sp³-hybridized carbons (Fsp3) is 0.500. The fourth-order valence-electron chi connectivity index (χ4n) is 2.24. The Kier molecular flexibility index (Phi) is 2.56. The summed E-state index contributed by atoms with van der Waals surface area (Å²) in [7, 11) is -0.315. The Morgan fingerprint density at radius 3 is 2.42 bits per heavy atom. The van der Waals surface area contributed by atoms with E-state index in [1.807, 2.05) is 23.0 Å². The van der Waals surface area contributed by atoms with E-state index < -0.39 is 0 Å². The molecule has 1 saturated heterocycles. The summed E-state index contributed by atoms with van der Waals surface area (Å²) in [5, 5.41) is 4.28. The van der Waals surface area contributed by atoms with Crippen LogP contribution in [0.5, 0.6) is 0 Å². The molecule has 0 radical (unpaired) electrons. The van der Waals surface area contributed by atoms with Gasteiger partial charge in [0.05, 0.1) is 22.9 Å². The van der Waals surface area contributed by atoms with Gasteiger partial charge in [0.2, 0.25) is 0 Å². The van der Waals surface area contributed by atoms with E-state index in [2.05, 4.69) is 45.8 Å². The fourth-order valence-corrected chi connectivity index (χ4v) is 2.24. The van der Waals surface area contributed by atoms with E-state index in [1.54, 1.807) is 0 Å². The third-order valence-corrected chi connectivity index (χ3v) is 4.26. The highest BCUT2D eigenvalue weighted by Crippen LogP contribution is 2.36. The molecule has 0 N–H and O–H groups in total. The first-order valence-corrected chi connectivity index (χ1v) is 6.60. The minimum atomic E-state index is -0.315. The zero-order valence-electron chi connectivity index (χ0n) is 12.1. The number of hydrogen-bond donors (Lipinski definition) is 0. The summed E-state index contributed by atoms with van der Waals surface area (Å²) in [6.07, 6.45) is 3.81. The third kappa shape index (κ3) is 1.88. The summed E-state index contributed by atoms with van der Waals surface area (Å²) in [4.78, 5) is 0. The Morgan fingerprint density at radius 1 is 1.16 bits per heavy atom. The van der Waals surface area contributed by atoms with Crippen molar-refractivity contribution in [2.24, 2.45) is 0 Å². The maximum Gasteiger partial charge on any atom is 0.494 e. The standard InChI is InChI=1S/C14H19BN2O2/c1-10-9-16-17-7-6-11(8-12(10)17)15-18-13(2,3)14(4,5)19-15/h6-9H,1-5H3. The molecule has 1 aliphatic rings. The van der Waals surface area contributed by atoms with E-state index in [0.717, 1.165) is 16.5 Å². The van der Waals surface area contributed by atoms with Crippen LogP contribution in [0.15, 0.2) is 24.5 Å². The molecular formula is C14H19BN2O2. The van der Waals surface area contributed by atoms with Gasteiger partial charge in [0.25, 0.3) is 0 Å². The maximum atomic E-state index is 6.06. The third-order valence-electron chi connectivity index (χ3n) is 4.26. The van der Waals surface area contributed by atoms with Gasteiger partial charge in [-0.3, -0.25) is 0 Å². The van der Waals surface area contributed by atoms with Crippen molar-refractivity contribution in [1.29, 1.82) is 0 Å². The second-order valence-corrected chi connectivity index (χ2v) is 6.21. The first-order valence-electron chi connectivity index (χ1n) is 6.60. The van der Waals surface area contributed by atoms with E-state index in [9.17, 15) is 0 Å². The predicted octanol–water partition coefficient (Wildman–Crippen LogP) is 1.94. The molecule has 2 aromatic rings. The summed E-state index contributed by atoms with van der Waals surface area (Å²) in [5.41, 5.74) is 2.67. The van der Waals surface area contributed by atoms with E-state index >= 15 is 0 Å². The second-order valence-electron chi connectivity index (χ2n) is 6.21. The van der Waals surface area contributed by atoms with Gasteiger partial charge >= 0.3 is 7.12 Å². The normalized spacial score (nSPS) is 21.2.